The monoisotopic (exact) mass is 348 g/mol. The van der Waals surface area contributed by atoms with Crippen LogP contribution in [0.1, 0.15) is 38.0 Å². The Labute approximate surface area is 143 Å². The van der Waals surface area contributed by atoms with E-state index in [4.69, 9.17) is 0 Å². The number of aromatic nitrogens is 1. The third-order valence-corrected chi connectivity index (χ3v) is 6.15. The maximum atomic E-state index is 12.3. The van der Waals surface area contributed by atoms with Crippen molar-refractivity contribution in [3.05, 3.63) is 53.7 Å². The number of aryl methyl sites for hydroxylation is 1. The Balaban J connectivity index is 2.05. The number of hydrogen-bond acceptors (Lipinski definition) is 5. The molecule has 0 bridgehead atoms. The van der Waals surface area contributed by atoms with Crippen molar-refractivity contribution in [3.8, 4) is 0 Å². The molecule has 2 N–H and O–H groups in total. The lowest BCUT2D eigenvalue weighted by Crippen LogP contribution is -2.28. The molecule has 24 heavy (non-hydrogen) atoms. The zero-order valence-corrected chi connectivity index (χ0v) is 15.3. The Morgan fingerprint density at radius 2 is 1.92 bits per heavy atom. The molecule has 0 saturated carbocycles. The molecule has 0 saturated heterocycles. The minimum Gasteiger partial charge on any atom is -0.387 e. The molecule has 5 nitrogen and oxygen atoms in total. The van der Waals surface area contributed by atoms with Gasteiger partial charge in [0.25, 0.3) is 0 Å². The number of sulfone groups is 1. The number of nitrogens with zero attached hydrogens (tertiary/aromatic N) is 1. The highest BCUT2D eigenvalue weighted by molar-refractivity contribution is 7.92. The fourth-order valence-corrected chi connectivity index (χ4v) is 3.23. The van der Waals surface area contributed by atoms with Crippen LogP contribution in [-0.4, -0.2) is 29.8 Å². The van der Waals surface area contributed by atoms with Crippen LogP contribution in [0.3, 0.4) is 0 Å². The van der Waals surface area contributed by atoms with E-state index in [1.165, 1.54) is 12.3 Å². The molecule has 0 aliphatic heterocycles. The van der Waals surface area contributed by atoms with Crippen LogP contribution >= 0.6 is 0 Å². The Kier molecular flexibility index (Phi) is 5.30. The fourth-order valence-electron chi connectivity index (χ4n) is 2.17. The van der Waals surface area contributed by atoms with Gasteiger partial charge in [-0.15, -0.1) is 0 Å². The van der Waals surface area contributed by atoms with Gasteiger partial charge in [0.2, 0.25) is 0 Å². The Bertz CT molecular complexity index is 794. The van der Waals surface area contributed by atoms with Crippen molar-refractivity contribution in [2.75, 3.05) is 11.9 Å². The molecular weight excluding hydrogens is 324 g/mol. The minimum absolute atomic E-state index is 0.0554. The van der Waals surface area contributed by atoms with E-state index in [1.807, 2.05) is 31.2 Å². The molecule has 2 aromatic rings. The number of benzene rings is 1. The van der Waals surface area contributed by atoms with Gasteiger partial charge in [-0.05, 0) is 45.4 Å². The smallest absolute Gasteiger partial charge is 0.200 e. The molecule has 0 spiro atoms. The van der Waals surface area contributed by atoms with Gasteiger partial charge in [0.05, 0.1) is 22.7 Å². The zero-order chi connectivity index (χ0) is 18.0. The summed E-state index contributed by atoms with van der Waals surface area (Å²) in [5.74, 6) is 0. The number of aliphatic hydroxyl groups excluding tert-OH is 1. The second-order valence-electron chi connectivity index (χ2n) is 6.81. The lowest BCUT2D eigenvalue weighted by molar-refractivity contribution is 0.191. The number of hydrogen-bond donors (Lipinski definition) is 2. The van der Waals surface area contributed by atoms with Crippen molar-refractivity contribution in [1.82, 2.24) is 4.98 Å². The summed E-state index contributed by atoms with van der Waals surface area (Å²) in [7, 11) is -3.46. The van der Waals surface area contributed by atoms with Crippen molar-refractivity contribution in [2.45, 2.75) is 43.6 Å². The van der Waals surface area contributed by atoms with Gasteiger partial charge in [-0.1, -0.05) is 29.8 Å². The zero-order valence-electron chi connectivity index (χ0n) is 14.4. The molecule has 0 amide bonds. The highest BCUT2D eigenvalue weighted by Crippen LogP contribution is 2.24. The summed E-state index contributed by atoms with van der Waals surface area (Å²) in [6.45, 7) is 7.23. The van der Waals surface area contributed by atoms with E-state index in [1.54, 1.807) is 26.8 Å². The predicted octanol–water partition coefficient (Wildman–Crippen LogP) is 3.11. The summed E-state index contributed by atoms with van der Waals surface area (Å²) in [6.07, 6.45) is 0.824. The molecule has 2 rings (SSSR count). The molecular formula is C18H24N2O3S. The van der Waals surface area contributed by atoms with Crippen molar-refractivity contribution in [1.29, 1.82) is 0 Å². The Hall–Kier alpha value is -1.92. The molecule has 6 heteroatoms. The highest BCUT2D eigenvalue weighted by atomic mass is 32.2. The standard InChI is InChI=1S/C18H24N2O3S/c1-13-6-5-7-14(10-13)16(21)12-19-15-8-9-17(20-11-15)24(22,23)18(2,3)4/h5-11,16,19,21H,12H2,1-4H3. The third-order valence-electron chi connectivity index (χ3n) is 3.74. The summed E-state index contributed by atoms with van der Waals surface area (Å²) in [5.41, 5.74) is 2.59. The molecule has 1 unspecified atom stereocenters. The van der Waals surface area contributed by atoms with Crippen LogP contribution in [0, 0.1) is 6.92 Å². The Morgan fingerprint density at radius 3 is 2.46 bits per heavy atom. The van der Waals surface area contributed by atoms with Gasteiger partial charge in [-0.25, -0.2) is 13.4 Å². The van der Waals surface area contributed by atoms with Crippen LogP contribution in [0.4, 0.5) is 5.69 Å². The van der Waals surface area contributed by atoms with E-state index < -0.39 is 20.7 Å². The van der Waals surface area contributed by atoms with Crippen LogP contribution in [-0.2, 0) is 9.84 Å². The number of pyridine rings is 1. The molecule has 0 radical (unpaired) electrons. The summed E-state index contributed by atoms with van der Waals surface area (Å²) in [4.78, 5) is 4.05. The summed E-state index contributed by atoms with van der Waals surface area (Å²) in [5, 5.41) is 13.3. The normalized spacial score (nSPS) is 13.5. The SMILES string of the molecule is Cc1cccc(C(O)CNc2ccc(S(=O)(=O)C(C)(C)C)nc2)c1. The van der Waals surface area contributed by atoms with E-state index in [0.717, 1.165) is 11.1 Å². The topological polar surface area (TPSA) is 79.3 Å². The van der Waals surface area contributed by atoms with Crippen molar-refractivity contribution >= 4 is 15.5 Å². The lowest BCUT2D eigenvalue weighted by Gasteiger charge is -2.18. The second kappa shape index (κ2) is 6.91. The average Bonchev–Trinajstić information content (AvgIpc) is 2.52. The van der Waals surface area contributed by atoms with Crippen molar-refractivity contribution < 1.29 is 13.5 Å². The van der Waals surface area contributed by atoms with Crippen LogP contribution in [0.15, 0.2) is 47.6 Å². The van der Waals surface area contributed by atoms with Crippen molar-refractivity contribution in [3.63, 3.8) is 0 Å². The summed E-state index contributed by atoms with van der Waals surface area (Å²) >= 11 is 0. The maximum Gasteiger partial charge on any atom is 0.200 e. The Morgan fingerprint density at radius 1 is 1.21 bits per heavy atom. The second-order valence-corrected chi connectivity index (χ2v) is 9.46. The first-order valence-corrected chi connectivity index (χ1v) is 9.29. The van der Waals surface area contributed by atoms with Gasteiger partial charge < -0.3 is 10.4 Å². The number of aliphatic hydroxyl groups is 1. The predicted molar refractivity (Wildman–Crippen MR) is 95.8 cm³/mol. The van der Waals surface area contributed by atoms with Crippen LogP contribution in [0.25, 0.3) is 0 Å². The first-order chi connectivity index (χ1) is 11.1. The minimum atomic E-state index is -3.46. The maximum absolute atomic E-state index is 12.3. The summed E-state index contributed by atoms with van der Waals surface area (Å²) in [6, 6.07) is 10.8. The van der Waals surface area contributed by atoms with Gasteiger partial charge in [0.15, 0.2) is 14.9 Å². The molecule has 1 heterocycles. The van der Waals surface area contributed by atoms with E-state index >= 15 is 0 Å². The van der Waals surface area contributed by atoms with Gasteiger partial charge >= 0.3 is 0 Å². The van der Waals surface area contributed by atoms with E-state index in [9.17, 15) is 13.5 Å². The van der Waals surface area contributed by atoms with Gasteiger partial charge in [0.1, 0.15) is 0 Å². The van der Waals surface area contributed by atoms with E-state index in [0.29, 0.717) is 12.2 Å². The number of nitrogens with one attached hydrogen (secondary N) is 1. The quantitative estimate of drug-likeness (QED) is 0.868. The molecule has 1 aromatic heterocycles. The van der Waals surface area contributed by atoms with Gasteiger partial charge in [0, 0.05) is 6.54 Å². The van der Waals surface area contributed by atoms with E-state index in [2.05, 4.69) is 10.3 Å². The molecule has 0 aliphatic carbocycles. The summed E-state index contributed by atoms with van der Waals surface area (Å²) < 4.78 is 23.8. The molecule has 1 atom stereocenters. The largest absolute Gasteiger partial charge is 0.387 e. The molecule has 0 fully saturated rings. The average molecular weight is 348 g/mol. The van der Waals surface area contributed by atoms with Crippen molar-refractivity contribution in [2.24, 2.45) is 0 Å². The van der Waals surface area contributed by atoms with Gasteiger partial charge in [-0.2, -0.15) is 0 Å². The van der Waals surface area contributed by atoms with E-state index in [-0.39, 0.29) is 5.03 Å². The third kappa shape index (κ3) is 4.13. The highest BCUT2D eigenvalue weighted by Gasteiger charge is 2.31. The first-order valence-electron chi connectivity index (χ1n) is 7.80. The molecule has 130 valence electrons. The van der Waals surface area contributed by atoms with Crippen LogP contribution < -0.4 is 5.32 Å². The van der Waals surface area contributed by atoms with Crippen LogP contribution in [0.5, 0.6) is 0 Å². The number of rotatable bonds is 5. The molecule has 1 aromatic carbocycles. The first kappa shape index (κ1) is 18.4. The lowest BCUT2D eigenvalue weighted by atomic mass is 10.1. The molecule has 0 aliphatic rings. The van der Waals surface area contributed by atoms with Gasteiger partial charge in [-0.3, -0.25) is 0 Å². The number of anilines is 1. The fraction of sp³-hybridized carbons (Fsp3) is 0.389. The van der Waals surface area contributed by atoms with Crippen LogP contribution in [0.2, 0.25) is 0 Å².